The van der Waals surface area contributed by atoms with Crippen LogP contribution in [0.25, 0.3) is 0 Å². The summed E-state index contributed by atoms with van der Waals surface area (Å²) >= 11 is 8.11. The Morgan fingerprint density at radius 3 is 2.69 bits per heavy atom. The third kappa shape index (κ3) is 1.87. The van der Waals surface area contributed by atoms with E-state index in [1.807, 2.05) is 0 Å². The van der Waals surface area contributed by atoms with Gasteiger partial charge in [-0.2, -0.15) is 5.26 Å². The Morgan fingerprint density at radius 1 is 1.62 bits per heavy atom. The van der Waals surface area contributed by atoms with Gasteiger partial charge in [0.25, 0.3) is 5.24 Å². The average molecular weight is 262 g/mol. The summed E-state index contributed by atoms with van der Waals surface area (Å²) in [4.78, 5) is 10.7. The molecule has 66 valence electrons. The molecule has 0 aliphatic heterocycles. The van der Waals surface area contributed by atoms with Gasteiger partial charge >= 0.3 is 0 Å². The molecule has 13 heavy (non-hydrogen) atoms. The van der Waals surface area contributed by atoms with Crippen LogP contribution in [0.3, 0.4) is 0 Å². The molecule has 0 bridgehead atoms. The molecule has 2 nitrogen and oxygen atoms in total. The van der Waals surface area contributed by atoms with Crippen LogP contribution in [0.5, 0.6) is 0 Å². The molecule has 0 atom stereocenters. The monoisotopic (exact) mass is 261 g/mol. The molecule has 0 fully saturated rings. The number of benzene rings is 1. The maximum Gasteiger partial charge on any atom is 0.253 e. The van der Waals surface area contributed by atoms with Crippen molar-refractivity contribution in [1.82, 2.24) is 0 Å². The first-order valence-electron chi connectivity index (χ1n) is 3.16. The van der Waals surface area contributed by atoms with E-state index >= 15 is 0 Å². The van der Waals surface area contributed by atoms with E-state index in [0.29, 0.717) is 0 Å². The second-order valence-electron chi connectivity index (χ2n) is 2.17. The summed E-state index contributed by atoms with van der Waals surface area (Å²) < 4.78 is 13.0. The van der Waals surface area contributed by atoms with Crippen molar-refractivity contribution in [2.24, 2.45) is 0 Å². The molecule has 0 N–H and O–H groups in total. The first kappa shape index (κ1) is 10.2. The first-order valence-corrected chi connectivity index (χ1v) is 4.33. The molecule has 0 saturated heterocycles. The van der Waals surface area contributed by atoms with Gasteiger partial charge in [-0.1, -0.05) is 0 Å². The molecule has 0 aliphatic carbocycles. The molecule has 0 radical (unpaired) electrons. The summed E-state index contributed by atoms with van der Waals surface area (Å²) in [6.07, 6.45) is 0. The molecule has 1 rings (SSSR count). The second-order valence-corrected chi connectivity index (χ2v) is 3.31. The Morgan fingerprint density at radius 2 is 2.23 bits per heavy atom. The molecule has 0 saturated carbocycles. The lowest BCUT2D eigenvalue weighted by atomic mass is 10.1. The molecular weight excluding hydrogens is 260 g/mol. The number of halogens is 3. The van der Waals surface area contributed by atoms with Crippen molar-refractivity contribution in [3.63, 3.8) is 0 Å². The van der Waals surface area contributed by atoms with Crippen LogP contribution in [-0.2, 0) is 0 Å². The Bertz CT molecular complexity index is 413. The highest BCUT2D eigenvalue weighted by Gasteiger charge is 2.14. The van der Waals surface area contributed by atoms with Gasteiger partial charge in [0.05, 0.1) is 4.47 Å². The minimum absolute atomic E-state index is 0.0830. The van der Waals surface area contributed by atoms with Gasteiger partial charge in [-0.15, -0.1) is 0 Å². The van der Waals surface area contributed by atoms with Crippen LogP contribution in [0.15, 0.2) is 16.6 Å². The van der Waals surface area contributed by atoms with Gasteiger partial charge in [-0.25, -0.2) is 4.39 Å². The average Bonchev–Trinajstić information content (AvgIpc) is 2.04. The number of hydrogen-bond donors (Lipinski definition) is 0. The van der Waals surface area contributed by atoms with Crippen molar-refractivity contribution in [1.29, 1.82) is 5.26 Å². The van der Waals surface area contributed by atoms with Gasteiger partial charge in [0.1, 0.15) is 17.4 Å². The standard InChI is InChI=1S/C8H2BrClFNO/c9-7-4(8(10)13)1-2-6(11)5(7)3-12/h1-2H. The minimum Gasteiger partial charge on any atom is -0.276 e. The van der Waals surface area contributed by atoms with E-state index in [-0.39, 0.29) is 15.6 Å². The zero-order chi connectivity index (χ0) is 10.0. The molecule has 0 aliphatic rings. The number of rotatable bonds is 1. The van der Waals surface area contributed by atoms with Gasteiger partial charge < -0.3 is 0 Å². The summed E-state index contributed by atoms with van der Waals surface area (Å²) in [6, 6.07) is 3.87. The van der Waals surface area contributed by atoms with Gasteiger partial charge in [0, 0.05) is 5.56 Å². The third-order valence-electron chi connectivity index (χ3n) is 1.41. The topological polar surface area (TPSA) is 40.9 Å². The SMILES string of the molecule is N#Cc1c(F)ccc(C(=O)Cl)c1Br. The van der Waals surface area contributed by atoms with Crippen LogP contribution < -0.4 is 0 Å². The molecule has 0 unspecified atom stereocenters. The Balaban J connectivity index is 3.47. The third-order valence-corrected chi connectivity index (χ3v) is 2.44. The summed E-state index contributed by atoms with van der Waals surface area (Å²) in [5.41, 5.74) is -0.133. The highest BCUT2D eigenvalue weighted by atomic mass is 79.9. The van der Waals surface area contributed by atoms with Gasteiger partial charge in [-0.05, 0) is 39.7 Å². The van der Waals surface area contributed by atoms with Crippen molar-refractivity contribution in [3.8, 4) is 6.07 Å². The summed E-state index contributed by atoms with van der Waals surface area (Å²) in [7, 11) is 0. The highest BCUT2D eigenvalue weighted by molar-refractivity contribution is 9.10. The quantitative estimate of drug-likeness (QED) is 0.730. The van der Waals surface area contributed by atoms with Crippen LogP contribution in [-0.4, -0.2) is 5.24 Å². The van der Waals surface area contributed by atoms with Crippen molar-refractivity contribution in [2.45, 2.75) is 0 Å². The second kappa shape index (κ2) is 3.86. The van der Waals surface area contributed by atoms with Crippen molar-refractivity contribution in [3.05, 3.63) is 33.5 Å². The van der Waals surface area contributed by atoms with E-state index < -0.39 is 11.1 Å². The lowest BCUT2D eigenvalue weighted by Crippen LogP contribution is -1.95. The van der Waals surface area contributed by atoms with Crippen LogP contribution in [0, 0.1) is 17.1 Å². The van der Waals surface area contributed by atoms with E-state index in [1.165, 1.54) is 6.07 Å². The number of hydrogen-bond acceptors (Lipinski definition) is 2. The normalized spacial score (nSPS) is 9.38. The lowest BCUT2D eigenvalue weighted by molar-refractivity contribution is 0.108. The van der Waals surface area contributed by atoms with Crippen molar-refractivity contribution < 1.29 is 9.18 Å². The fraction of sp³-hybridized carbons (Fsp3) is 0. The lowest BCUT2D eigenvalue weighted by Gasteiger charge is -2.00. The van der Waals surface area contributed by atoms with Crippen molar-refractivity contribution in [2.75, 3.05) is 0 Å². The summed E-state index contributed by atoms with van der Waals surface area (Å²) in [5.74, 6) is -0.684. The molecule has 1 aromatic rings. The zero-order valence-electron chi connectivity index (χ0n) is 6.14. The molecule has 0 spiro atoms. The Kier molecular flexibility index (Phi) is 3.02. The van der Waals surface area contributed by atoms with Crippen LogP contribution >= 0.6 is 27.5 Å². The Labute approximate surface area is 87.1 Å². The predicted molar refractivity (Wildman–Crippen MR) is 49.0 cm³/mol. The van der Waals surface area contributed by atoms with E-state index in [2.05, 4.69) is 15.9 Å². The van der Waals surface area contributed by atoms with Gasteiger partial charge in [0.2, 0.25) is 0 Å². The van der Waals surface area contributed by atoms with E-state index in [1.54, 1.807) is 6.07 Å². The predicted octanol–water partition coefficient (Wildman–Crippen LogP) is 2.84. The van der Waals surface area contributed by atoms with Crippen molar-refractivity contribution >= 4 is 32.8 Å². The fourth-order valence-electron chi connectivity index (χ4n) is 0.807. The molecule has 0 heterocycles. The van der Waals surface area contributed by atoms with Gasteiger partial charge in [0.15, 0.2) is 0 Å². The van der Waals surface area contributed by atoms with E-state index in [0.717, 1.165) is 6.07 Å². The van der Waals surface area contributed by atoms with Crippen LogP contribution in [0.4, 0.5) is 4.39 Å². The summed E-state index contributed by atoms with van der Waals surface area (Å²) in [6.45, 7) is 0. The van der Waals surface area contributed by atoms with E-state index in [9.17, 15) is 9.18 Å². The van der Waals surface area contributed by atoms with Gasteiger partial charge in [-0.3, -0.25) is 4.79 Å². The first-order chi connectivity index (χ1) is 6.07. The molecule has 0 aromatic heterocycles. The fourth-order valence-corrected chi connectivity index (χ4v) is 1.67. The minimum atomic E-state index is -0.733. The highest BCUT2D eigenvalue weighted by Crippen LogP contribution is 2.24. The number of nitrogens with zero attached hydrogens (tertiary/aromatic N) is 1. The Hall–Kier alpha value is -0.920. The maximum absolute atomic E-state index is 12.9. The zero-order valence-corrected chi connectivity index (χ0v) is 8.49. The molecule has 0 amide bonds. The van der Waals surface area contributed by atoms with Crippen LogP contribution in [0.2, 0.25) is 0 Å². The largest absolute Gasteiger partial charge is 0.276 e. The summed E-state index contributed by atoms with van der Waals surface area (Å²) in [5, 5.41) is 7.80. The van der Waals surface area contributed by atoms with Crippen LogP contribution in [0.1, 0.15) is 15.9 Å². The van der Waals surface area contributed by atoms with E-state index in [4.69, 9.17) is 16.9 Å². The number of nitriles is 1. The maximum atomic E-state index is 12.9. The molecule has 1 aromatic carbocycles. The number of carbonyl (C=O) groups excluding carboxylic acids is 1. The smallest absolute Gasteiger partial charge is 0.253 e. The molecule has 5 heteroatoms. The molecular formula is C8H2BrClFNO. The number of carbonyl (C=O) groups is 1.